The number of rotatable bonds is 9. The number of anilines is 1. The van der Waals surface area contributed by atoms with Gasteiger partial charge in [-0.1, -0.05) is 23.4 Å². The Balaban J connectivity index is 1.64. The normalized spacial score (nSPS) is 11.1. The molecule has 0 fully saturated rings. The molecule has 0 spiro atoms. The van der Waals surface area contributed by atoms with Crippen molar-refractivity contribution in [2.24, 2.45) is 0 Å². The van der Waals surface area contributed by atoms with Gasteiger partial charge < -0.3 is 14.6 Å². The maximum atomic E-state index is 12.6. The summed E-state index contributed by atoms with van der Waals surface area (Å²) < 4.78 is 10.6. The smallest absolute Gasteiger partial charge is 0.238 e. The number of ether oxygens (including phenoxy) is 1. The van der Waals surface area contributed by atoms with Gasteiger partial charge in [0.15, 0.2) is 5.76 Å². The number of nitrogens with zero attached hydrogens (tertiary/aromatic N) is 2. The lowest BCUT2D eigenvalue weighted by atomic mass is 10.1. The van der Waals surface area contributed by atoms with Gasteiger partial charge in [-0.2, -0.15) is 0 Å². The number of carbonyl (C=O) groups excluding carboxylic acids is 1. The third-order valence-electron chi connectivity index (χ3n) is 4.57. The first-order chi connectivity index (χ1) is 13.6. The standard InChI is InChI=1S/C21H25N3O3S/c1-15-6-4-7-18(16(15)2)22-21(25)14-24(9-10-26-3)13-17-12-19(27-23-17)20-8-5-11-28-20/h4-8,11-12H,9-10,13-14H2,1-3H3,(H,22,25). The lowest BCUT2D eigenvalue weighted by Crippen LogP contribution is -2.35. The van der Waals surface area contributed by atoms with Crippen LogP contribution in [0.25, 0.3) is 10.6 Å². The number of hydrogen-bond donors (Lipinski definition) is 1. The fraction of sp³-hybridized carbons (Fsp3) is 0.333. The first-order valence-electron chi connectivity index (χ1n) is 9.13. The van der Waals surface area contributed by atoms with Crippen molar-refractivity contribution in [1.29, 1.82) is 0 Å². The first-order valence-corrected chi connectivity index (χ1v) is 10.0. The van der Waals surface area contributed by atoms with E-state index in [1.165, 1.54) is 0 Å². The van der Waals surface area contributed by atoms with E-state index in [2.05, 4.69) is 10.5 Å². The summed E-state index contributed by atoms with van der Waals surface area (Å²) in [6.45, 7) is 5.96. The topological polar surface area (TPSA) is 67.6 Å². The average Bonchev–Trinajstić information content (AvgIpc) is 3.35. The molecule has 0 saturated carbocycles. The lowest BCUT2D eigenvalue weighted by molar-refractivity contribution is -0.117. The third kappa shape index (κ3) is 5.28. The molecular weight excluding hydrogens is 374 g/mol. The average molecular weight is 400 g/mol. The van der Waals surface area contributed by atoms with E-state index in [4.69, 9.17) is 9.26 Å². The van der Waals surface area contributed by atoms with Gasteiger partial charge in [-0.05, 0) is 42.5 Å². The van der Waals surface area contributed by atoms with Crippen LogP contribution in [0.3, 0.4) is 0 Å². The molecule has 1 aromatic carbocycles. The molecule has 0 bridgehead atoms. The van der Waals surface area contributed by atoms with Crippen LogP contribution in [0, 0.1) is 13.8 Å². The first kappa shape index (κ1) is 20.3. The minimum absolute atomic E-state index is 0.0632. The number of hydrogen-bond acceptors (Lipinski definition) is 6. The van der Waals surface area contributed by atoms with Crippen molar-refractivity contribution < 1.29 is 14.1 Å². The molecule has 0 aliphatic carbocycles. The Bertz CT molecular complexity index is 906. The summed E-state index contributed by atoms with van der Waals surface area (Å²) in [7, 11) is 1.65. The van der Waals surface area contributed by atoms with Crippen LogP contribution in [0.2, 0.25) is 0 Å². The Morgan fingerprint density at radius 1 is 1.29 bits per heavy atom. The monoisotopic (exact) mass is 399 g/mol. The Morgan fingerprint density at radius 2 is 2.14 bits per heavy atom. The van der Waals surface area contributed by atoms with Gasteiger partial charge in [0.2, 0.25) is 5.91 Å². The van der Waals surface area contributed by atoms with E-state index in [1.54, 1.807) is 18.4 Å². The van der Waals surface area contributed by atoms with Crippen LogP contribution >= 0.6 is 11.3 Å². The molecule has 2 aromatic heterocycles. The lowest BCUT2D eigenvalue weighted by Gasteiger charge is -2.20. The zero-order valence-corrected chi connectivity index (χ0v) is 17.2. The quantitative estimate of drug-likeness (QED) is 0.587. The second-order valence-electron chi connectivity index (χ2n) is 6.66. The molecule has 0 aliphatic heterocycles. The maximum Gasteiger partial charge on any atom is 0.238 e. The van der Waals surface area contributed by atoms with Gasteiger partial charge in [-0.25, -0.2) is 0 Å². The van der Waals surface area contributed by atoms with Crippen molar-refractivity contribution >= 4 is 22.9 Å². The number of carbonyl (C=O) groups is 1. The highest BCUT2D eigenvalue weighted by Crippen LogP contribution is 2.25. The molecule has 148 valence electrons. The molecule has 3 rings (SSSR count). The van der Waals surface area contributed by atoms with E-state index >= 15 is 0 Å². The molecule has 0 radical (unpaired) electrons. The molecule has 1 N–H and O–H groups in total. The van der Waals surface area contributed by atoms with Gasteiger partial charge in [0.25, 0.3) is 0 Å². The van der Waals surface area contributed by atoms with E-state index in [0.29, 0.717) is 19.7 Å². The van der Waals surface area contributed by atoms with E-state index < -0.39 is 0 Å². The summed E-state index contributed by atoms with van der Waals surface area (Å²) in [5.41, 5.74) is 3.87. The van der Waals surface area contributed by atoms with Gasteiger partial charge in [-0.3, -0.25) is 9.69 Å². The van der Waals surface area contributed by atoms with Gasteiger partial charge in [0.05, 0.1) is 23.7 Å². The molecule has 2 heterocycles. The highest BCUT2D eigenvalue weighted by Gasteiger charge is 2.16. The summed E-state index contributed by atoms with van der Waals surface area (Å²) in [4.78, 5) is 15.6. The number of nitrogens with one attached hydrogen (secondary N) is 1. The van der Waals surface area contributed by atoms with Crippen LogP contribution in [0.4, 0.5) is 5.69 Å². The molecule has 28 heavy (non-hydrogen) atoms. The van der Waals surface area contributed by atoms with Crippen molar-refractivity contribution in [3.05, 3.63) is 58.6 Å². The SMILES string of the molecule is COCCN(CC(=O)Nc1cccc(C)c1C)Cc1cc(-c2cccs2)on1. The van der Waals surface area contributed by atoms with Crippen LogP contribution in [0.15, 0.2) is 46.3 Å². The van der Waals surface area contributed by atoms with Crippen LogP contribution in [-0.2, 0) is 16.1 Å². The van der Waals surface area contributed by atoms with Crippen molar-refractivity contribution in [1.82, 2.24) is 10.1 Å². The molecule has 1 amide bonds. The Kier molecular flexibility index (Phi) is 6.97. The third-order valence-corrected chi connectivity index (χ3v) is 5.45. The second-order valence-corrected chi connectivity index (χ2v) is 7.61. The number of benzene rings is 1. The predicted octanol–water partition coefficient (Wildman–Crippen LogP) is 4.11. The van der Waals surface area contributed by atoms with Crippen LogP contribution < -0.4 is 5.32 Å². The van der Waals surface area contributed by atoms with Gasteiger partial charge in [0, 0.05) is 32.0 Å². The Morgan fingerprint density at radius 3 is 2.89 bits per heavy atom. The van der Waals surface area contributed by atoms with E-state index in [9.17, 15) is 4.79 Å². The van der Waals surface area contributed by atoms with Gasteiger partial charge >= 0.3 is 0 Å². The minimum atomic E-state index is -0.0632. The van der Waals surface area contributed by atoms with Crippen molar-refractivity contribution in [2.75, 3.05) is 32.1 Å². The fourth-order valence-electron chi connectivity index (χ4n) is 2.86. The van der Waals surface area contributed by atoms with Crippen LogP contribution in [0.1, 0.15) is 16.8 Å². The van der Waals surface area contributed by atoms with Gasteiger partial charge in [-0.15, -0.1) is 11.3 Å². The zero-order chi connectivity index (χ0) is 19.9. The van der Waals surface area contributed by atoms with Crippen molar-refractivity contribution in [3.63, 3.8) is 0 Å². The highest BCUT2D eigenvalue weighted by atomic mass is 32.1. The summed E-state index contributed by atoms with van der Waals surface area (Å²) in [5.74, 6) is 0.684. The van der Waals surface area contributed by atoms with Crippen molar-refractivity contribution in [2.45, 2.75) is 20.4 Å². The van der Waals surface area contributed by atoms with Crippen LogP contribution in [0.5, 0.6) is 0 Å². The zero-order valence-electron chi connectivity index (χ0n) is 16.4. The number of methoxy groups -OCH3 is 1. The number of thiophene rings is 1. The number of amides is 1. The molecule has 0 aliphatic rings. The molecule has 7 heteroatoms. The molecule has 3 aromatic rings. The Hall–Kier alpha value is -2.48. The Labute approximate surface area is 169 Å². The van der Waals surface area contributed by atoms with E-state index in [1.807, 2.05) is 60.5 Å². The predicted molar refractivity (Wildman–Crippen MR) is 112 cm³/mol. The summed E-state index contributed by atoms with van der Waals surface area (Å²) in [6.07, 6.45) is 0. The van der Waals surface area contributed by atoms with E-state index in [0.717, 1.165) is 33.1 Å². The summed E-state index contributed by atoms with van der Waals surface area (Å²) >= 11 is 1.60. The second kappa shape index (κ2) is 9.64. The molecule has 0 unspecified atom stereocenters. The fourth-order valence-corrected chi connectivity index (χ4v) is 3.54. The molecule has 6 nitrogen and oxygen atoms in total. The minimum Gasteiger partial charge on any atom is -0.383 e. The summed E-state index contributed by atoms with van der Waals surface area (Å²) in [5, 5.41) is 9.16. The van der Waals surface area contributed by atoms with E-state index in [-0.39, 0.29) is 12.5 Å². The number of aryl methyl sites for hydroxylation is 1. The molecule has 0 atom stereocenters. The highest BCUT2D eigenvalue weighted by molar-refractivity contribution is 7.13. The molecule has 0 saturated heterocycles. The van der Waals surface area contributed by atoms with Crippen molar-refractivity contribution in [3.8, 4) is 10.6 Å². The largest absolute Gasteiger partial charge is 0.383 e. The van der Waals surface area contributed by atoms with Crippen LogP contribution in [-0.4, -0.2) is 42.8 Å². The number of aromatic nitrogens is 1. The summed E-state index contributed by atoms with van der Waals surface area (Å²) in [6, 6.07) is 11.8. The van der Waals surface area contributed by atoms with Gasteiger partial charge in [0.1, 0.15) is 0 Å². The molecular formula is C21H25N3O3S. The maximum absolute atomic E-state index is 12.6.